The van der Waals surface area contributed by atoms with Crippen molar-refractivity contribution >= 4 is 17.5 Å². The summed E-state index contributed by atoms with van der Waals surface area (Å²) in [6.07, 6.45) is 0. The van der Waals surface area contributed by atoms with Gasteiger partial charge >= 0.3 is 11.8 Å². The van der Waals surface area contributed by atoms with Gasteiger partial charge in [0.05, 0.1) is 19.8 Å². The molecule has 2 heterocycles. The van der Waals surface area contributed by atoms with Gasteiger partial charge < -0.3 is 29.7 Å². The van der Waals surface area contributed by atoms with Crippen LogP contribution in [0.25, 0.3) is 0 Å². The van der Waals surface area contributed by atoms with E-state index in [1.807, 2.05) is 50.2 Å². The van der Waals surface area contributed by atoms with Crippen molar-refractivity contribution in [1.29, 1.82) is 0 Å². The van der Waals surface area contributed by atoms with Crippen molar-refractivity contribution in [3.05, 3.63) is 53.1 Å². The van der Waals surface area contributed by atoms with Crippen molar-refractivity contribution in [3.63, 3.8) is 0 Å². The van der Waals surface area contributed by atoms with Crippen molar-refractivity contribution < 1.29 is 28.7 Å². The number of quaternary nitrogens is 1. The van der Waals surface area contributed by atoms with Crippen LogP contribution in [0.2, 0.25) is 0 Å². The maximum absolute atomic E-state index is 12.5. The molecule has 8 heteroatoms. The van der Waals surface area contributed by atoms with E-state index in [0.29, 0.717) is 31.2 Å². The number of benzene rings is 2. The Morgan fingerprint density at radius 1 is 0.968 bits per heavy atom. The molecular formula is C23H28N3O5+. The van der Waals surface area contributed by atoms with Crippen LogP contribution in [0.1, 0.15) is 22.7 Å². The highest BCUT2D eigenvalue weighted by Gasteiger charge is 2.29. The summed E-state index contributed by atoms with van der Waals surface area (Å²) >= 11 is 0. The van der Waals surface area contributed by atoms with Crippen LogP contribution in [-0.2, 0) is 14.3 Å². The van der Waals surface area contributed by atoms with E-state index in [0.717, 1.165) is 35.5 Å². The van der Waals surface area contributed by atoms with Gasteiger partial charge in [-0.05, 0) is 55.3 Å². The van der Waals surface area contributed by atoms with Crippen molar-refractivity contribution in [3.8, 4) is 11.5 Å². The largest absolute Gasteiger partial charge is 0.454 e. The third-order valence-electron chi connectivity index (χ3n) is 5.58. The Balaban J connectivity index is 1.44. The van der Waals surface area contributed by atoms with Crippen LogP contribution in [0.15, 0.2) is 36.4 Å². The van der Waals surface area contributed by atoms with Crippen molar-refractivity contribution in [2.75, 3.05) is 45.0 Å². The molecule has 8 nitrogen and oxygen atoms in total. The predicted molar refractivity (Wildman–Crippen MR) is 114 cm³/mol. The number of carbonyl (C=O) groups is 2. The molecule has 1 saturated heterocycles. The van der Waals surface area contributed by atoms with E-state index < -0.39 is 11.8 Å². The third kappa shape index (κ3) is 5.15. The zero-order chi connectivity index (χ0) is 21.8. The molecule has 0 aromatic heterocycles. The van der Waals surface area contributed by atoms with Crippen LogP contribution in [-0.4, -0.2) is 51.5 Å². The fraction of sp³-hybridized carbons (Fsp3) is 0.391. The SMILES string of the molecule is Cc1cc(C)cc(NC(=O)C(=O)NC[C@@H](c2ccc3c(c2)OCO3)[NH+]2CCOCC2)c1. The summed E-state index contributed by atoms with van der Waals surface area (Å²) in [5, 5.41) is 5.50. The number of fused-ring (bicyclic) bond motifs is 1. The number of amides is 2. The van der Waals surface area contributed by atoms with Crippen LogP contribution < -0.4 is 25.0 Å². The first-order chi connectivity index (χ1) is 15.0. The lowest BCUT2D eigenvalue weighted by Crippen LogP contribution is -3.15. The van der Waals surface area contributed by atoms with Crippen LogP contribution in [0.4, 0.5) is 5.69 Å². The molecule has 0 saturated carbocycles. The Morgan fingerprint density at radius 2 is 1.68 bits per heavy atom. The zero-order valence-corrected chi connectivity index (χ0v) is 17.8. The van der Waals surface area contributed by atoms with Crippen molar-refractivity contribution in [2.24, 2.45) is 0 Å². The summed E-state index contributed by atoms with van der Waals surface area (Å²) in [5.74, 6) is 0.0920. The smallest absolute Gasteiger partial charge is 0.313 e. The topological polar surface area (TPSA) is 90.3 Å². The first kappa shape index (κ1) is 21.1. The van der Waals surface area contributed by atoms with Gasteiger partial charge in [-0.1, -0.05) is 6.07 Å². The molecule has 1 atom stereocenters. The van der Waals surface area contributed by atoms with Gasteiger partial charge in [0.2, 0.25) is 6.79 Å². The van der Waals surface area contributed by atoms with Gasteiger partial charge in [-0.25, -0.2) is 0 Å². The number of hydrogen-bond donors (Lipinski definition) is 3. The number of hydrogen-bond acceptors (Lipinski definition) is 5. The van der Waals surface area contributed by atoms with Crippen LogP contribution in [0.3, 0.4) is 0 Å². The lowest BCUT2D eigenvalue weighted by atomic mass is 10.0. The Morgan fingerprint density at radius 3 is 2.42 bits per heavy atom. The molecule has 31 heavy (non-hydrogen) atoms. The minimum atomic E-state index is -0.675. The zero-order valence-electron chi connectivity index (χ0n) is 17.8. The van der Waals surface area contributed by atoms with Gasteiger partial charge in [0.25, 0.3) is 0 Å². The van der Waals surface area contributed by atoms with E-state index in [2.05, 4.69) is 10.6 Å². The normalized spacial score (nSPS) is 16.6. The second kappa shape index (κ2) is 9.36. The molecule has 164 valence electrons. The molecule has 0 radical (unpaired) electrons. The fourth-order valence-corrected chi connectivity index (χ4v) is 4.12. The van der Waals surface area contributed by atoms with Crippen LogP contribution in [0.5, 0.6) is 11.5 Å². The number of carbonyl (C=O) groups excluding carboxylic acids is 2. The first-order valence-corrected chi connectivity index (χ1v) is 10.5. The minimum Gasteiger partial charge on any atom is -0.454 e. The molecule has 0 bridgehead atoms. The van der Waals surface area contributed by atoms with Gasteiger partial charge in [0, 0.05) is 11.3 Å². The van der Waals surface area contributed by atoms with E-state index in [1.54, 1.807) is 0 Å². The van der Waals surface area contributed by atoms with Crippen molar-refractivity contribution in [1.82, 2.24) is 5.32 Å². The quantitative estimate of drug-likeness (QED) is 0.614. The molecular weight excluding hydrogens is 398 g/mol. The van der Waals surface area contributed by atoms with Gasteiger partial charge in [-0.3, -0.25) is 9.59 Å². The summed E-state index contributed by atoms with van der Waals surface area (Å²) in [7, 11) is 0. The Hall–Kier alpha value is -3.10. The molecule has 2 aromatic rings. The molecule has 2 aliphatic heterocycles. The summed E-state index contributed by atoms with van der Waals surface area (Å²) in [4.78, 5) is 26.2. The number of ether oxygens (including phenoxy) is 3. The number of rotatable bonds is 5. The van der Waals surface area contributed by atoms with Crippen molar-refractivity contribution in [2.45, 2.75) is 19.9 Å². The average Bonchev–Trinajstić information content (AvgIpc) is 3.22. The standard InChI is InChI=1S/C23H27N3O5/c1-15-9-16(2)11-18(10-15)25-23(28)22(27)24-13-19(26-5-7-29-8-6-26)17-3-4-20-21(12-17)31-14-30-20/h3-4,9-12,19H,5-8,13-14H2,1-2H3,(H,24,27)(H,25,28)/p+1/t19-/m0/s1. The molecule has 3 N–H and O–H groups in total. The molecule has 0 unspecified atom stereocenters. The van der Waals surface area contributed by atoms with E-state index in [1.165, 1.54) is 4.90 Å². The maximum atomic E-state index is 12.5. The van der Waals surface area contributed by atoms with Gasteiger partial charge in [0.1, 0.15) is 19.1 Å². The van der Waals surface area contributed by atoms with E-state index in [4.69, 9.17) is 14.2 Å². The number of aryl methyl sites for hydroxylation is 2. The maximum Gasteiger partial charge on any atom is 0.313 e. The predicted octanol–water partition coefficient (Wildman–Crippen LogP) is 0.743. The molecule has 0 aliphatic carbocycles. The number of nitrogens with one attached hydrogen (secondary N) is 3. The highest BCUT2D eigenvalue weighted by atomic mass is 16.7. The summed E-state index contributed by atoms with van der Waals surface area (Å²) in [6, 6.07) is 11.5. The Bertz CT molecular complexity index is 951. The van der Waals surface area contributed by atoms with E-state index in [9.17, 15) is 9.59 Å². The molecule has 2 amide bonds. The lowest BCUT2D eigenvalue weighted by molar-refractivity contribution is -0.937. The molecule has 0 spiro atoms. The van der Waals surface area contributed by atoms with E-state index >= 15 is 0 Å². The lowest BCUT2D eigenvalue weighted by Gasteiger charge is -2.32. The van der Waals surface area contributed by atoms with Crippen LogP contribution >= 0.6 is 0 Å². The molecule has 1 fully saturated rings. The van der Waals surface area contributed by atoms with Gasteiger partial charge in [0.15, 0.2) is 11.5 Å². The molecule has 2 aromatic carbocycles. The Kier molecular flexibility index (Phi) is 6.39. The summed E-state index contributed by atoms with van der Waals surface area (Å²) < 4.78 is 16.4. The number of anilines is 1. The van der Waals surface area contributed by atoms with Crippen LogP contribution in [0, 0.1) is 13.8 Å². The van der Waals surface area contributed by atoms with E-state index in [-0.39, 0.29) is 12.8 Å². The first-order valence-electron chi connectivity index (χ1n) is 10.5. The van der Waals surface area contributed by atoms with Gasteiger partial charge in [-0.2, -0.15) is 0 Å². The monoisotopic (exact) mass is 426 g/mol. The average molecular weight is 426 g/mol. The third-order valence-corrected chi connectivity index (χ3v) is 5.58. The second-order valence-corrected chi connectivity index (χ2v) is 7.98. The highest BCUT2D eigenvalue weighted by Crippen LogP contribution is 2.33. The Labute approximate surface area is 181 Å². The van der Waals surface area contributed by atoms with Gasteiger partial charge in [-0.15, -0.1) is 0 Å². The fourth-order valence-electron chi connectivity index (χ4n) is 4.12. The summed E-state index contributed by atoms with van der Waals surface area (Å²) in [6.45, 7) is 7.41. The minimum absolute atomic E-state index is 0.0311. The second-order valence-electron chi connectivity index (χ2n) is 7.98. The molecule has 2 aliphatic rings. The highest BCUT2D eigenvalue weighted by molar-refractivity contribution is 6.39. The number of morpholine rings is 1. The molecule has 4 rings (SSSR count). The summed E-state index contributed by atoms with van der Waals surface area (Å²) in [5.41, 5.74) is 3.68.